The van der Waals surface area contributed by atoms with E-state index in [9.17, 15) is 14.7 Å². The lowest BCUT2D eigenvalue weighted by Crippen LogP contribution is -2.26. The minimum absolute atomic E-state index is 0.0661. The average molecular weight is 255 g/mol. The van der Waals surface area contributed by atoms with E-state index in [1.54, 1.807) is 4.90 Å². The van der Waals surface area contributed by atoms with Gasteiger partial charge in [-0.1, -0.05) is 13.8 Å². The molecule has 0 atom stereocenters. The van der Waals surface area contributed by atoms with E-state index >= 15 is 0 Å². The summed E-state index contributed by atoms with van der Waals surface area (Å²) in [6.07, 6.45) is 1.58. The number of aromatic hydroxyl groups is 1. The summed E-state index contributed by atoms with van der Waals surface area (Å²) in [4.78, 5) is 24.0. The zero-order valence-corrected chi connectivity index (χ0v) is 10.5. The number of nitrogens with zero attached hydrogens (tertiary/aromatic N) is 1. The Morgan fingerprint density at radius 2 is 1.89 bits per heavy atom. The predicted molar refractivity (Wildman–Crippen MR) is 66.4 cm³/mol. The van der Waals surface area contributed by atoms with E-state index in [0.29, 0.717) is 13.1 Å². The van der Waals surface area contributed by atoms with Crippen LogP contribution in [0.25, 0.3) is 0 Å². The molecule has 0 bridgehead atoms. The van der Waals surface area contributed by atoms with Gasteiger partial charge in [0.1, 0.15) is 0 Å². The molecule has 0 unspecified atom stereocenters. The van der Waals surface area contributed by atoms with Crippen molar-refractivity contribution in [3.8, 4) is 5.75 Å². The summed E-state index contributed by atoms with van der Waals surface area (Å²) in [5.74, 6) is -2.41. The van der Waals surface area contributed by atoms with Gasteiger partial charge in [0.2, 0.25) is 22.8 Å². The van der Waals surface area contributed by atoms with Crippen LogP contribution in [-0.2, 0) is 0 Å². The van der Waals surface area contributed by atoms with E-state index < -0.39 is 22.9 Å². The largest absolute Gasteiger partial charge is 0.500 e. The highest BCUT2D eigenvalue weighted by Crippen LogP contribution is 2.25. The lowest BCUT2D eigenvalue weighted by molar-refractivity contribution is 0.0660. The molecule has 0 amide bonds. The lowest BCUT2D eigenvalue weighted by atomic mass is 10.3. The number of aromatic carboxylic acids is 1. The minimum Gasteiger partial charge on any atom is -0.500 e. The van der Waals surface area contributed by atoms with Crippen molar-refractivity contribution < 1.29 is 19.4 Å². The van der Waals surface area contributed by atoms with E-state index in [2.05, 4.69) is 0 Å². The molecule has 6 nitrogen and oxygen atoms in total. The van der Waals surface area contributed by atoms with Crippen LogP contribution in [0.4, 0.5) is 5.88 Å². The third kappa shape index (κ3) is 3.03. The second-order valence-electron chi connectivity index (χ2n) is 3.92. The van der Waals surface area contributed by atoms with Crippen LogP contribution in [0.15, 0.2) is 15.3 Å². The summed E-state index contributed by atoms with van der Waals surface area (Å²) in [6.45, 7) is 5.04. The van der Waals surface area contributed by atoms with Crippen LogP contribution in [0.5, 0.6) is 5.75 Å². The van der Waals surface area contributed by atoms with E-state index in [4.69, 9.17) is 9.52 Å². The van der Waals surface area contributed by atoms with Crippen LogP contribution >= 0.6 is 0 Å². The molecule has 0 radical (unpaired) electrons. The van der Waals surface area contributed by atoms with Gasteiger partial charge in [0, 0.05) is 19.2 Å². The molecule has 0 aliphatic heterocycles. The number of anilines is 1. The number of carboxylic acid groups (broad SMARTS) is 1. The molecule has 1 heterocycles. The predicted octanol–water partition coefficient (Wildman–Crippen LogP) is 1.67. The summed E-state index contributed by atoms with van der Waals surface area (Å²) in [5, 5.41) is 18.5. The molecule has 0 aromatic carbocycles. The molecule has 6 heteroatoms. The second-order valence-corrected chi connectivity index (χ2v) is 3.92. The maximum atomic E-state index is 11.5. The van der Waals surface area contributed by atoms with E-state index in [0.717, 1.165) is 18.9 Å². The maximum Gasteiger partial charge on any atom is 0.372 e. The highest BCUT2D eigenvalue weighted by molar-refractivity contribution is 5.84. The minimum atomic E-state index is -1.33. The van der Waals surface area contributed by atoms with Crippen molar-refractivity contribution in [2.75, 3.05) is 18.0 Å². The molecular formula is C12H17NO5. The van der Waals surface area contributed by atoms with Crippen LogP contribution in [0.3, 0.4) is 0 Å². The third-order valence-corrected chi connectivity index (χ3v) is 2.39. The Morgan fingerprint density at radius 1 is 1.33 bits per heavy atom. The number of rotatable bonds is 6. The van der Waals surface area contributed by atoms with Crippen molar-refractivity contribution in [2.24, 2.45) is 0 Å². The van der Waals surface area contributed by atoms with Gasteiger partial charge in [-0.2, -0.15) is 0 Å². The molecule has 100 valence electrons. The number of carbonyl (C=O) groups is 1. The van der Waals surface area contributed by atoms with E-state index in [1.807, 2.05) is 13.8 Å². The first-order valence-corrected chi connectivity index (χ1v) is 5.86. The first-order chi connectivity index (χ1) is 8.51. The fourth-order valence-electron chi connectivity index (χ4n) is 1.65. The summed E-state index contributed by atoms with van der Waals surface area (Å²) in [6, 6.07) is 0.775. The van der Waals surface area contributed by atoms with Crippen molar-refractivity contribution >= 4 is 11.9 Å². The molecule has 1 aromatic rings. The topological polar surface area (TPSA) is 91.0 Å². The van der Waals surface area contributed by atoms with Crippen LogP contribution < -0.4 is 10.3 Å². The van der Waals surface area contributed by atoms with Crippen molar-refractivity contribution in [2.45, 2.75) is 26.7 Å². The summed E-state index contributed by atoms with van der Waals surface area (Å²) < 4.78 is 5.09. The molecule has 18 heavy (non-hydrogen) atoms. The maximum absolute atomic E-state index is 11.5. The molecular weight excluding hydrogens is 238 g/mol. The first-order valence-electron chi connectivity index (χ1n) is 5.86. The Morgan fingerprint density at radius 3 is 2.33 bits per heavy atom. The van der Waals surface area contributed by atoms with Gasteiger partial charge in [-0.3, -0.25) is 4.79 Å². The fraction of sp³-hybridized carbons (Fsp3) is 0.500. The number of hydrogen-bond acceptors (Lipinski definition) is 5. The SMILES string of the molecule is CCCN(CCC)c1oc(C(=O)O)cc(=O)c1O. The van der Waals surface area contributed by atoms with Gasteiger partial charge in [0.05, 0.1) is 0 Å². The molecule has 0 fully saturated rings. The Bertz CT molecular complexity index is 474. The number of carboxylic acids is 1. The monoisotopic (exact) mass is 255 g/mol. The van der Waals surface area contributed by atoms with Crippen molar-refractivity contribution in [3.63, 3.8) is 0 Å². The van der Waals surface area contributed by atoms with Gasteiger partial charge in [0.15, 0.2) is 0 Å². The Kier molecular flexibility index (Phi) is 4.76. The van der Waals surface area contributed by atoms with Gasteiger partial charge in [-0.15, -0.1) is 0 Å². The molecule has 0 spiro atoms. The third-order valence-electron chi connectivity index (χ3n) is 2.39. The van der Waals surface area contributed by atoms with E-state index in [1.165, 1.54) is 0 Å². The van der Waals surface area contributed by atoms with Gasteiger partial charge >= 0.3 is 5.97 Å². The summed E-state index contributed by atoms with van der Waals surface area (Å²) in [7, 11) is 0. The zero-order valence-electron chi connectivity index (χ0n) is 10.5. The van der Waals surface area contributed by atoms with Crippen LogP contribution in [0.2, 0.25) is 0 Å². The quantitative estimate of drug-likeness (QED) is 0.803. The standard InChI is InChI=1S/C12H17NO5/c1-3-5-13(6-4-2)11-10(15)8(14)7-9(18-11)12(16)17/h7,15H,3-6H2,1-2H3,(H,16,17). The Labute approximate surface area is 104 Å². The highest BCUT2D eigenvalue weighted by Gasteiger charge is 2.19. The van der Waals surface area contributed by atoms with Crippen LogP contribution in [-0.4, -0.2) is 29.3 Å². The Balaban J connectivity index is 3.27. The fourth-order valence-corrected chi connectivity index (χ4v) is 1.65. The molecule has 0 aliphatic rings. The number of hydrogen-bond donors (Lipinski definition) is 2. The van der Waals surface area contributed by atoms with Crippen molar-refractivity contribution in [1.29, 1.82) is 0 Å². The highest BCUT2D eigenvalue weighted by atomic mass is 16.4. The van der Waals surface area contributed by atoms with Crippen molar-refractivity contribution in [1.82, 2.24) is 0 Å². The molecule has 0 aliphatic carbocycles. The molecule has 0 saturated heterocycles. The molecule has 0 saturated carbocycles. The van der Waals surface area contributed by atoms with Crippen LogP contribution in [0.1, 0.15) is 37.2 Å². The molecule has 1 aromatic heterocycles. The molecule has 2 N–H and O–H groups in total. The van der Waals surface area contributed by atoms with Gasteiger partial charge in [0.25, 0.3) is 0 Å². The zero-order chi connectivity index (χ0) is 13.7. The van der Waals surface area contributed by atoms with Crippen LogP contribution in [0, 0.1) is 0 Å². The lowest BCUT2D eigenvalue weighted by Gasteiger charge is -2.22. The normalized spacial score (nSPS) is 10.3. The van der Waals surface area contributed by atoms with Gasteiger partial charge in [-0.05, 0) is 12.8 Å². The Hall–Kier alpha value is -1.98. The second kappa shape index (κ2) is 6.09. The van der Waals surface area contributed by atoms with E-state index in [-0.39, 0.29) is 5.88 Å². The summed E-state index contributed by atoms with van der Waals surface area (Å²) >= 11 is 0. The first kappa shape index (κ1) is 14.1. The molecule has 1 rings (SSSR count). The smallest absolute Gasteiger partial charge is 0.372 e. The van der Waals surface area contributed by atoms with Gasteiger partial charge in [-0.25, -0.2) is 4.79 Å². The average Bonchev–Trinajstić information content (AvgIpc) is 2.32. The van der Waals surface area contributed by atoms with Crippen molar-refractivity contribution in [3.05, 3.63) is 22.0 Å². The van der Waals surface area contributed by atoms with Gasteiger partial charge < -0.3 is 19.5 Å². The summed E-state index contributed by atoms with van der Waals surface area (Å²) in [5.41, 5.74) is -0.745.